The number of aliphatic carboxylic acids is 1. The van der Waals surface area contributed by atoms with Gasteiger partial charge in [0.25, 0.3) is 0 Å². The second kappa shape index (κ2) is 9.30. The fraction of sp³-hybridized carbons (Fsp3) is 0.500. The minimum absolute atomic E-state index is 0.220. The molecule has 0 spiro atoms. The fourth-order valence-corrected chi connectivity index (χ4v) is 2.88. The van der Waals surface area contributed by atoms with E-state index in [-0.39, 0.29) is 18.4 Å². The van der Waals surface area contributed by atoms with E-state index < -0.39 is 30.1 Å². The van der Waals surface area contributed by atoms with Crippen molar-refractivity contribution < 1.29 is 24.6 Å². The van der Waals surface area contributed by atoms with Crippen molar-refractivity contribution in [1.82, 2.24) is 16.0 Å². The number of rotatable bonds is 8. The standard InChI is InChI=1S/C18H25N3O5/c1-11(22)15(18(25)26)21-17(24)14(10-12-6-3-2-4-7-12)20-16(23)13-8-5-9-19-13/h2-4,6-7,11,13-15,19,22H,5,8-10H2,1H3,(H,20,23)(H,21,24)(H,25,26)/t11-,13+,14+,15+/m1/s1. The molecule has 2 rings (SSSR count). The first-order chi connectivity index (χ1) is 12.4. The van der Waals surface area contributed by atoms with Gasteiger partial charge in [-0.15, -0.1) is 0 Å². The first kappa shape index (κ1) is 19.9. The second-order valence-electron chi connectivity index (χ2n) is 6.46. The minimum Gasteiger partial charge on any atom is -0.480 e. The lowest BCUT2D eigenvalue weighted by atomic mass is 10.0. The lowest BCUT2D eigenvalue weighted by Gasteiger charge is -2.24. The van der Waals surface area contributed by atoms with Crippen LogP contribution in [0.2, 0.25) is 0 Å². The van der Waals surface area contributed by atoms with Crippen LogP contribution in [-0.4, -0.2) is 58.8 Å². The molecule has 4 atom stereocenters. The van der Waals surface area contributed by atoms with Gasteiger partial charge in [-0.1, -0.05) is 30.3 Å². The Morgan fingerprint density at radius 3 is 2.46 bits per heavy atom. The first-order valence-corrected chi connectivity index (χ1v) is 8.67. The van der Waals surface area contributed by atoms with E-state index in [1.807, 2.05) is 30.3 Å². The monoisotopic (exact) mass is 363 g/mol. The van der Waals surface area contributed by atoms with Crippen molar-refractivity contribution in [3.05, 3.63) is 35.9 Å². The number of carboxylic acids is 1. The topological polar surface area (TPSA) is 128 Å². The summed E-state index contributed by atoms with van der Waals surface area (Å²) in [5.41, 5.74) is 0.830. The third-order valence-electron chi connectivity index (χ3n) is 4.34. The predicted molar refractivity (Wildman–Crippen MR) is 94.3 cm³/mol. The van der Waals surface area contributed by atoms with Crippen LogP contribution in [0, 0.1) is 0 Å². The van der Waals surface area contributed by atoms with Crippen molar-refractivity contribution in [2.24, 2.45) is 0 Å². The second-order valence-corrected chi connectivity index (χ2v) is 6.46. The van der Waals surface area contributed by atoms with Crippen molar-refractivity contribution >= 4 is 17.8 Å². The highest BCUT2D eigenvalue weighted by molar-refractivity contribution is 5.92. The molecule has 142 valence electrons. The van der Waals surface area contributed by atoms with E-state index in [9.17, 15) is 19.5 Å². The molecule has 0 saturated carbocycles. The van der Waals surface area contributed by atoms with Crippen molar-refractivity contribution in [3.8, 4) is 0 Å². The minimum atomic E-state index is -1.44. The molecule has 1 aliphatic rings. The maximum atomic E-state index is 12.6. The number of carboxylic acid groups (broad SMARTS) is 1. The lowest BCUT2D eigenvalue weighted by Crippen LogP contribution is -2.57. The van der Waals surface area contributed by atoms with Gasteiger partial charge in [0.1, 0.15) is 6.04 Å². The highest BCUT2D eigenvalue weighted by atomic mass is 16.4. The molecule has 2 amide bonds. The molecular formula is C18H25N3O5. The number of nitrogens with one attached hydrogen (secondary N) is 3. The summed E-state index contributed by atoms with van der Waals surface area (Å²) in [4.78, 5) is 36.2. The number of carbonyl (C=O) groups excluding carboxylic acids is 2. The summed E-state index contributed by atoms with van der Waals surface area (Å²) in [7, 11) is 0. The molecule has 1 fully saturated rings. The van der Waals surface area contributed by atoms with Gasteiger partial charge in [0, 0.05) is 6.42 Å². The molecule has 0 radical (unpaired) electrons. The van der Waals surface area contributed by atoms with E-state index in [2.05, 4.69) is 16.0 Å². The van der Waals surface area contributed by atoms with Gasteiger partial charge in [-0.05, 0) is 31.9 Å². The molecule has 26 heavy (non-hydrogen) atoms. The molecule has 0 aliphatic carbocycles. The van der Waals surface area contributed by atoms with Crippen molar-refractivity contribution in [1.29, 1.82) is 0 Å². The highest BCUT2D eigenvalue weighted by Gasteiger charge is 2.31. The molecule has 1 heterocycles. The number of aliphatic hydroxyl groups is 1. The number of aliphatic hydroxyl groups excluding tert-OH is 1. The van der Waals surface area contributed by atoms with E-state index in [1.54, 1.807) is 0 Å². The SMILES string of the molecule is C[C@@H](O)[C@H](NC(=O)[C@H](Cc1ccccc1)NC(=O)[C@@H]1CCCN1)C(=O)O. The Labute approximate surface area is 152 Å². The molecule has 5 N–H and O–H groups in total. The van der Waals surface area contributed by atoms with Gasteiger partial charge >= 0.3 is 5.97 Å². The number of hydrogen-bond donors (Lipinski definition) is 5. The molecule has 1 aromatic carbocycles. The zero-order valence-corrected chi connectivity index (χ0v) is 14.6. The van der Waals surface area contributed by atoms with E-state index in [0.717, 1.165) is 18.5 Å². The van der Waals surface area contributed by atoms with E-state index in [1.165, 1.54) is 6.92 Å². The van der Waals surface area contributed by atoms with Gasteiger partial charge in [-0.3, -0.25) is 9.59 Å². The van der Waals surface area contributed by atoms with E-state index >= 15 is 0 Å². The normalized spacial score (nSPS) is 20.0. The van der Waals surface area contributed by atoms with Crippen LogP contribution in [-0.2, 0) is 20.8 Å². The quantitative estimate of drug-likeness (QED) is 0.420. The van der Waals surface area contributed by atoms with Crippen molar-refractivity contribution in [3.63, 3.8) is 0 Å². The van der Waals surface area contributed by atoms with Gasteiger partial charge in [-0.25, -0.2) is 4.79 Å². The molecule has 1 saturated heterocycles. The molecule has 0 aromatic heterocycles. The fourth-order valence-electron chi connectivity index (χ4n) is 2.88. The lowest BCUT2D eigenvalue weighted by molar-refractivity contribution is -0.145. The Morgan fingerprint density at radius 2 is 1.92 bits per heavy atom. The van der Waals surface area contributed by atoms with E-state index in [0.29, 0.717) is 6.42 Å². The van der Waals surface area contributed by atoms with Crippen LogP contribution in [0.1, 0.15) is 25.3 Å². The maximum Gasteiger partial charge on any atom is 0.328 e. The first-order valence-electron chi connectivity index (χ1n) is 8.67. The van der Waals surface area contributed by atoms with E-state index in [4.69, 9.17) is 5.11 Å². The smallest absolute Gasteiger partial charge is 0.328 e. The largest absolute Gasteiger partial charge is 0.480 e. The third kappa shape index (κ3) is 5.53. The van der Waals surface area contributed by atoms with Crippen molar-refractivity contribution in [2.45, 2.75) is 50.4 Å². The summed E-state index contributed by atoms with van der Waals surface area (Å²) in [6, 6.07) is 6.39. The van der Waals surface area contributed by atoms with Crippen LogP contribution in [0.25, 0.3) is 0 Å². The summed E-state index contributed by atoms with van der Waals surface area (Å²) in [6.07, 6.45) is 0.534. The van der Waals surface area contributed by atoms with Gasteiger partial charge in [0.2, 0.25) is 11.8 Å². The van der Waals surface area contributed by atoms with Gasteiger partial charge < -0.3 is 26.2 Å². The molecule has 8 heteroatoms. The highest BCUT2D eigenvalue weighted by Crippen LogP contribution is 2.08. The summed E-state index contributed by atoms with van der Waals surface area (Å²) in [5.74, 6) is -2.27. The summed E-state index contributed by atoms with van der Waals surface area (Å²) in [5, 5.41) is 26.8. The van der Waals surface area contributed by atoms with Gasteiger partial charge in [0.15, 0.2) is 6.04 Å². The van der Waals surface area contributed by atoms with Crippen LogP contribution in [0.15, 0.2) is 30.3 Å². The Balaban J connectivity index is 2.11. The average Bonchev–Trinajstić information content (AvgIpc) is 3.14. The Kier molecular flexibility index (Phi) is 7.11. The number of amides is 2. The molecule has 8 nitrogen and oxygen atoms in total. The van der Waals surface area contributed by atoms with Gasteiger partial charge in [-0.2, -0.15) is 0 Å². The Morgan fingerprint density at radius 1 is 1.23 bits per heavy atom. The molecule has 0 unspecified atom stereocenters. The van der Waals surface area contributed by atoms with Crippen LogP contribution < -0.4 is 16.0 Å². The van der Waals surface area contributed by atoms with Crippen LogP contribution >= 0.6 is 0 Å². The zero-order valence-electron chi connectivity index (χ0n) is 14.6. The predicted octanol–water partition coefficient (Wildman–Crippen LogP) is -0.584. The number of carbonyl (C=O) groups is 3. The Hall–Kier alpha value is -2.45. The summed E-state index contributed by atoms with van der Waals surface area (Å²) < 4.78 is 0. The maximum absolute atomic E-state index is 12.6. The zero-order chi connectivity index (χ0) is 19.1. The molecule has 1 aromatic rings. The third-order valence-corrected chi connectivity index (χ3v) is 4.34. The molecule has 1 aliphatic heterocycles. The number of hydrogen-bond acceptors (Lipinski definition) is 5. The molecular weight excluding hydrogens is 338 g/mol. The number of benzene rings is 1. The Bertz CT molecular complexity index is 629. The summed E-state index contributed by atoms with van der Waals surface area (Å²) in [6.45, 7) is 2.03. The van der Waals surface area contributed by atoms with Crippen LogP contribution in [0.4, 0.5) is 0 Å². The molecule has 0 bridgehead atoms. The van der Waals surface area contributed by atoms with Crippen LogP contribution in [0.5, 0.6) is 0 Å². The van der Waals surface area contributed by atoms with Crippen molar-refractivity contribution in [2.75, 3.05) is 6.54 Å². The van der Waals surface area contributed by atoms with Gasteiger partial charge in [0.05, 0.1) is 12.1 Å². The van der Waals surface area contributed by atoms with Crippen LogP contribution in [0.3, 0.4) is 0 Å². The summed E-state index contributed by atoms with van der Waals surface area (Å²) >= 11 is 0. The average molecular weight is 363 g/mol.